The van der Waals surface area contributed by atoms with Crippen molar-refractivity contribution in [1.82, 2.24) is 15.5 Å². The van der Waals surface area contributed by atoms with E-state index in [0.717, 1.165) is 11.3 Å². The molecule has 1 saturated heterocycles. The van der Waals surface area contributed by atoms with Crippen LogP contribution >= 0.6 is 11.3 Å². The largest absolute Gasteiger partial charge is 0.365 e. The van der Waals surface area contributed by atoms with Gasteiger partial charge in [-0.2, -0.15) is 5.10 Å². The van der Waals surface area contributed by atoms with Crippen LogP contribution in [-0.4, -0.2) is 55.6 Å². The first-order chi connectivity index (χ1) is 12.3. The highest BCUT2D eigenvalue weighted by molar-refractivity contribution is 7.94. The van der Waals surface area contributed by atoms with Crippen LogP contribution in [0.5, 0.6) is 0 Å². The molecule has 0 saturated carbocycles. The van der Waals surface area contributed by atoms with Crippen LogP contribution in [0.4, 0.5) is 5.00 Å². The zero-order valence-corrected chi connectivity index (χ0v) is 15.4. The second-order valence-electron chi connectivity index (χ2n) is 5.55. The van der Waals surface area contributed by atoms with Gasteiger partial charge in [-0.25, -0.2) is 8.42 Å². The highest BCUT2D eigenvalue weighted by Gasteiger charge is 2.35. The van der Waals surface area contributed by atoms with Crippen LogP contribution in [0.25, 0.3) is 0 Å². The summed E-state index contributed by atoms with van der Waals surface area (Å²) < 4.78 is 31.0. The van der Waals surface area contributed by atoms with Crippen LogP contribution in [0.1, 0.15) is 26.4 Å². The number of ether oxygens (including phenoxy) is 1. The molecule has 0 spiro atoms. The predicted molar refractivity (Wildman–Crippen MR) is 93.9 cm³/mol. The minimum atomic E-state index is -3.86. The van der Waals surface area contributed by atoms with Crippen molar-refractivity contribution in [3.8, 4) is 0 Å². The van der Waals surface area contributed by atoms with Gasteiger partial charge >= 0.3 is 0 Å². The molecule has 1 unspecified atom stereocenters. The molecule has 12 heteroatoms. The molecule has 0 radical (unpaired) electrons. The van der Waals surface area contributed by atoms with Gasteiger partial charge in [0.05, 0.1) is 12.2 Å². The third kappa shape index (κ3) is 3.35. The van der Waals surface area contributed by atoms with Crippen LogP contribution < -0.4 is 16.4 Å². The van der Waals surface area contributed by atoms with Gasteiger partial charge in [0.2, 0.25) is 9.84 Å². The van der Waals surface area contributed by atoms with E-state index < -0.39 is 27.1 Å². The molecule has 3 heterocycles. The maximum absolute atomic E-state index is 12.9. The summed E-state index contributed by atoms with van der Waals surface area (Å²) in [7, 11) is -3.86. The number of aromatic amines is 1. The molecular formula is C14H17N5O5S2. The quantitative estimate of drug-likeness (QED) is 0.544. The molecule has 3 rings (SSSR count). The second kappa shape index (κ2) is 7.15. The number of aromatic nitrogens is 2. The van der Waals surface area contributed by atoms with Gasteiger partial charge in [-0.05, 0) is 18.6 Å². The van der Waals surface area contributed by atoms with E-state index in [4.69, 9.17) is 10.5 Å². The van der Waals surface area contributed by atoms with Crippen molar-refractivity contribution in [1.29, 1.82) is 0 Å². The highest BCUT2D eigenvalue weighted by atomic mass is 32.2. The Balaban J connectivity index is 1.99. The van der Waals surface area contributed by atoms with E-state index in [0.29, 0.717) is 6.54 Å². The summed E-state index contributed by atoms with van der Waals surface area (Å²) in [5, 5.41) is 11.8. The fourth-order valence-corrected chi connectivity index (χ4v) is 5.92. The third-order valence-corrected chi connectivity index (χ3v) is 7.57. The molecule has 10 nitrogen and oxygen atoms in total. The first-order valence-electron chi connectivity index (χ1n) is 7.63. The number of hydrogen-bond donors (Lipinski definition) is 4. The molecule has 1 fully saturated rings. The molecule has 0 aliphatic carbocycles. The average Bonchev–Trinajstić information content (AvgIpc) is 3.24. The van der Waals surface area contributed by atoms with E-state index in [1.807, 2.05) is 0 Å². The van der Waals surface area contributed by atoms with Gasteiger partial charge in [0.15, 0.2) is 5.44 Å². The zero-order chi connectivity index (χ0) is 18.9. The first kappa shape index (κ1) is 18.5. The first-order valence-corrected chi connectivity index (χ1v) is 9.99. The molecular weight excluding hydrogens is 382 g/mol. The number of carbonyl (C=O) groups is 2. The molecule has 140 valence electrons. The number of rotatable bonds is 5. The van der Waals surface area contributed by atoms with Crippen molar-refractivity contribution in [2.24, 2.45) is 5.73 Å². The lowest BCUT2D eigenvalue weighted by Crippen LogP contribution is -2.42. The van der Waals surface area contributed by atoms with E-state index in [-0.39, 0.29) is 39.2 Å². The highest BCUT2D eigenvalue weighted by Crippen LogP contribution is 2.38. The van der Waals surface area contributed by atoms with Gasteiger partial charge in [-0.1, -0.05) is 0 Å². The summed E-state index contributed by atoms with van der Waals surface area (Å²) in [5.74, 6) is -1.42. The minimum absolute atomic E-state index is 0.0405. The molecule has 2 aromatic rings. The van der Waals surface area contributed by atoms with Crippen LogP contribution in [0.3, 0.4) is 0 Å². The maximum Gasteiger partial charge on any atom is 0.276 e. The van der Waals surface area contributed by atoms with Crippen LogP contribution in [0, 0.1) is 6.92 Å². The smallest absolute Gasteiger partial charge is 0.276 e. The molecule has 1 aliphatic heterocycles. The number of carbonyl (C=O) groups excluding carboxylic acids is 2. The van der Waals surface area contributed by atoms with Gasteiger partial charge in [-0.15, -0.1) is 11.3 Å². The number of sulfone groups is 1. The summed E-state index contributed by atoms with van der Waals surface area (Å²) in [6.45, 7) is 2.44. The van der Waals surface area contributed by atoms with Crippen molar-refractivity contribution in [3.05, 3.63) is 29.1 Å². The summed E-state index contributed by atoms with van der Waals surface area (Å²) in [5.41, 5.74) is 4.58. The molecule has 5 N–H and O–H groups in total. The van der Waals surface area contributed by atoms with E-state index in [9.17, 15) is 18.0 Å². The molecule has 1 aliphatic rings. The van der Waals surface area contributed by atoms with E-state index in [1.165, 1.54) is 19.2 Å². The fourth-order valence-electron chi connectivity index (χ4n) is 2.56. The fraction of sp³-hybridized carbons (Fsp3) is 0.357. The lowest BCUT2D eigenvalue weighted by atomic mass is 10.2. The number of amides is 2. The van der Waals surface area contributed by atoms with Crippen molar-refractivity contribution >= 4 is 38.0 Å². The van der Waals surface area contributed by atoms with Crippen LogP contribution in [0.2, 0.25) is 0 Å². The van der Waals surface area contributed by atoms with E-state index >= 15 is 0 Å². The molecule has 0 bridgehead atoms. The second-order valence-corrected chi connectivity index (χ2v) is 8.85. The third-order valence-electron chi connectivity index (χ3n) is 3.81. The van der Waals surface area contributed by atoms with Gasteiger partial charge in [0, 0.05) is 19.3 Å². The molecule has 2 amide bonds. The number of hydrogen-bond acceptors (Lipinski definition) is 8. The Morgan fingerprint density at radius 2 is 2.23 bits per heavy atom. The Labute approximate surface area is 153 Å². The normalized spacial score (nSPS) is 17.8. The van der Waals surface area contributed by atoms with E-state index in [2.05, 4.69) is 20.8 Å². The Morgan fingerprint density at radius 3 is 2.81 bits per heavy atom. The summed E-state index contributed by atoms with van der Waals surface area (Å²) in [6.07, 6.45) is 1.47. The van der Waals surface area contributed by atoms with Crippen LogP contribution in [-0.2, 0) is 14.6 Å². The molecule has 0 aromatic carbocycles. The topological polar surface area (TPSA) is 156 Å². The Hall–Kier alpha value is -2.28. The number of nitrogens with one attached hydrogen (secondary N) is 3. The number of nitrogens with zero attached hydrogens (tertiary/aromatic N) is 1. The van der Waals surface area contributed by atoms with Crippen LogP contribution in [0.15, 0.2) is 16.5 Å². The van der Waals surface area contributed by atoms with E-state index in [1.54, 1.807) is 0 Å². The summed E-state index contributed by atoms with van der Waals surface area (Å²) in [4.78, 5) is 24.0. The van der Waals surface area contributed by atoms with Gasteiger partial charge in [0.1, 0.15) is 14.9 Å². The lowest BCUT2D eigenvalue weighted by Gasteiger charge is -2.23. The van der Waals surface area contributed by atoms with Crippen molar-refractivity contribution in [2.45, 2.75) is 16.6 Å². The summed E-state index contributed by atoms with van der Waals surface area (Å²) >= 11 is 0.774. The number of morpholine rings is 1. The molecule has 2 aromatic heterocycles. The average molecular weight is 399 g/mol. The SMILES string of the molecule is Cc1c(S(=O)(=O)C2CNCCO2)sc(NC(=O)c2cc[nH]n2)c1C(N)=O. The number of thiophene rings is 1. The van der Waals surface area contributed by atoms with Crippen molar-refractivity contribution in [2.75, 3.05) is 25.0 Å². The monoisotopic (exact) mass is 399 g/mol. The standard InChI is InChI=1S/C14H17N5O5S2/c1-7-10(11(15)20)13(18-12(21)8-2-3-17-19-8)25-14(7)26(22,23)9-6-16-4-5-24-9/h2-3,9,16H,4-6H2,1H3,(H2,15,20)(H,17,19)(H,18,21). The maximum atomic E-state index is 12.9. The summed E-state index contributed by atoms with van der Waals surface area (Å²) in [6, 6.07) is 1.44. The van der Waals surface area contributed by atoms with Gasteiger partial charge < -0.3 is 21.1 Å². The van der Waals surface area contributed by atoms with Gasteiger partial charge in [-0.3, -0.25) is 14.7 Å². The number of H-pyrrole nitrogens is 1. The number of primary amides is 1. The lowest BCUT2D eigenvalue weighted by molar-refractivity contribution is 0.0786. The minimum Gasteiger partial charge on any atom is -0.365 e. The Kier molecular flexibility index (Phi) is 5.09. The van der Waals surface area contributed by atoms with Gasteiger partial charge in [0.25, 0.3) is 11.8 Å². The number of anilines is 1. The zero-order valence-electron chi connectivity index (χ0n) is 13.7. The Morgan fingerprint density at radius 1 is 1.46 bits per heavy atom. The van der Waals surface area contributed by atoms with Crippen molar-refractivity contribution in [3.63, 3.8) is 0 Å². The van der Waals surface area contributed by atoms with Crippen molar-refractivity contribution < 1.29 is 22.7 Å². The molecule has 26 heavy (non-hydrogen) atoms. The number of nitrogens with two attached hydrogens (primary N) is 1. The Bertz CT molecular complexity index is 929. The molecule has 1 atom stereocenters. The predicted octanol–water partition coefficient (Wildman–Crippen LogP) is -0.150.